The van der Waals surface area contributed by atoms with E-state index in [9.17, 15) is 9.59 Å². The average Bonchev–Trinajstić information content (AvgIpc) is 2.62. The number of carboxylic acid groups (broad SMARTS) is 2. The summed E-state index contributed by atoms with van der Waals surface area (Å²) >= 11 is 0. The van der Waals surface area contributed by atoms with Crippen LogP contribution < -0.4 is 22.5 Å². The van der Waals surface area contributed by atoms with Crippen LogP contribution in [0.2, 0.25) is 0 Å². The van der Waals surface area contributed by atoms with Gasteiger partial charge in [-0.3, -0.25) is 9.59 Å². The van der Waals surface area contributed by atoms with Crippen molar-refractivity contribution in [3.63, 3.8) is 0 Å². The van der Waals surface area contributed by atoms with Gasteiger partial charge in [0.2, 0.25) is 0 Å². The SMILES string of the molecule is NCCCCCCNC(N)CCCN.O=C(O)CCCCCCCC(=O)O. The fraction of sp³-hybridized carbons (Fsp3) is 0.895. The van der Waals surface area contributed by atoms with Crippen LogP contribution in [0, 0.1) is 0 Å². The van der Waals surface area contributed by atoms with Gasteiger partial charge in [0, 0.05) is 12.8 Å². The lowest BCUT2D eigenvalue weighted by atomic mass is 10.1. The molecule has 0 aliphatic rings. The van der Waals surface area contributed by atoms with E-state index >= 15 is 0 Å². The number of carboxylic acids is 2. The third-order valence-electron chi connectivity index (χ3n) is 4.04. The highest BCUT2D eigenvalue weighted by atomic mass is 16.4. The number of hydrogen-bond acceptors (Lipinski definition) is 6. The van der Waals surface area contributed by atoms with Gasteiger partial charge in [-0.15, -0.1) is 0 Å². The van der Waals surface area contributed by atoms with Gasteiger partial charge in [0.1, 0.15) is 0 Å². The number of carbonyl (C=O) groups is 2. The van der Waals surface area contributed by atoms with Crippen molar-refractivity contribution in [2.75, 3.05) is 19.6 Å². The summed E-state index contributed by atoms with van der Waals surface area (Å²) in [6.45, 7) is 2.55. The molecule has 0 fully saturated rings. The van der Waals surface area contributed by atoms with Crippen molar-refractivity contribution in [1.82, 2.24) is 5.32 Å². The Morgan fingerprint density at radius 1 is 0.704 bits per heavy atom. The Bertz CT molecular complexity index is 326. The predicted octanol–water partition coefficient (Wildman–Crippen LogP) is 2.01. The van der Waals surface area contributed by atoms with E-state index in [1.54, 1.807) is 0 Å². The quantitative estimate of drug-likeness (QED) is 0.153. The molecule has 0 aliphatic heterocycles. The van der Waals surface area contributed by atoms with E-state index in [2.05, 4.69) is 5.32 Å². The highest BCUT2D eigenvalue weighted by molar-refractivity contribution is 5.66. The minimum absolute atomic E-state index is 0.119. The Balaban J connectivity index is 0. The number of unbranched alkanes of at least 4 members (excludes halogenated alkanes) is 7. The summed E-state index contributed by atoms with van der Waals surface area (Å²) < 4.78 is 0. The number of nitrogens with two attached hydrogens (primary N) is 3. The second kappa shape index (κ2) is 22.8. The van der Waals surface area contributed by atoms with E-state index in [-0.39, 0.29) is 19.0 Å². The first-order valence-corrected chi connectivity index (χ1v) is 10.3. The molecule has 0 saturated carbocycles. The van der Waals surface area contributed by atoms with Crippen molar-refractivity contribution < 1.29 is 19.8 Å². The van der Waals surface area contributed by atoms with Crippen LogP contribution in [0.25, 0.3) is 0 Å². The molecule has 0 aliphatic carbocycles. The molecule has 1 unspecified atom stereocenters. The molecule has 27 heavy (non-hydrogen) atoms. The van der Waals surface area contributed by atoms with Crippen molar-refractivity contribution >= 4 is 11.9 Å². The third kappa shape index (κ3) is 29.8. The Morgan fingerprint density at radius 2 is 1.15 bits per heavy atom. The first-order chi connectivity index (χ1) is 12.9. The maximum atomic E-state index is 10.1. The smallest absolute Gasteiger partial charge is 0.303 e. The lowest BCUT2D eigenvalue weighted by Gasteiger charge is -2.12. The van der Waals surface area contributed by atoms with Crippen LogP contribution in [0.1, 0.15) is 83.5 Å². The summed E-state index contributed by atoms with van der Waals surface area (Å²) in [5.74, 6) is -1.52. The summed E-state index contributed by atoms with van der Waals surface area (Å²) in [6, 6.07) is 0. The average molecular weight is 391 g/mol. The second-order valence-corrected chi connectivity index (χ2v) is 6.75. The maximum Gasteiger partial charge on any atom is 0.303 e. The summed E-state index contributed by atoms with van der Waals surface area (Å²) in [6.07, 6.45) is 11.4. The predicted molar refractivity (Wildman–Crippen MR) is 109 cm³/mol. The Labute approximate surface area is 164 Å². The Kier molecular flexibility index (Phi) is 23.7. The van der Waals surface area contributed by atoms with Crippen molar-refractivity contribution in [3.05, 3.63) is 0 Å². The highest BCUT2D eigenvalue weighted by Gasteiger charge is 1.99. The monoisotopic (exact) mass is 390 g/mol. The van der Waals surface area contributed by atoms with Crippen molar-refractivity contribution in [1.29, 1.82) is 0 Å². The lowest BCUT2D eigenvalue weighted by molar-refractivity contribution is -0.138. The summed E-state index contributed by atoms with van der Waals surface area (Å²) in [7, 11) is 0. The molecule has 0 radical (unpaired) electrons. The van der Waals surface area contributed by atoms with Crippen molar-refractivity contribution in [3.8, 4) is 0 Å². The zero-order valence-electron chi connectivity index (χ0n) is 16.8. The molecule has 1 atom stereocenters. The van der Waals surface area contributed by atoms with Crippen molar-refractivity contribution in [2.24, 2.45) is 17.2 Å². The van der Waals surface area contributed by atoms with Gasteiger partial charge >= 0.3 is 11.9 Å². The largest absolute Gasteiger partial charge is 0.481 e. The molecule has 0 aromatic rings. The van der Waals surface area contributed by atoms with Crippen LogP contribution in [0.15, 0.2) is 0 Å². The first-order valence-electron chi connectivity index (χ1n) is 10.3. The molecule has 8 heteroatoms. The fourth-order valence-electron chi connectivity index (χ4n) is 2.43. The molecule has 0 spiro atoms. The zero-order valence-corrected chi connectivity index (χ0v) is 16.8. The van der Waals surface area contributed by atoms with Crippen LogP contribution in [-0.4, -0.2) is 48.0 Å². The van der Waals surface area contributed by atoms with Gasteiger partial charge in [-0.2, -0.15) is 0 Å². The van der Waals surface area contributed by atoms with Crippen molar-refractivity contribution in [2.45, 2.75) is 89.6 Å². The Morgan fingerprint density at radius 3 is 1.63 bits per heavy atom. The molecular formula is C19H42N4O4. The van der Waals surface area contributed by atoms with Gasteiger partial charge in [0.15, 0.2) is 0 Å². The van der Waals surface area contributed by atoms with Crippen LogP contribution >= 0.6 is 0 Å². The number of hydrogen-bond donors (Lipinski definition) is 6. The molecule has 0 aromatic heterocycles. The molecule has 0 heterocycles. The van der Waals surface area contributed by atoms with Gasteiger partial charge in [-0.05, 0) is 58.2 Å². The zero-order chi connectivity index (χ0) is 20.8. The molecule has 9 N–H and O–H groups in total. The lowest BCUT2D eigenvalue weighted by Crippen LogP contribution is -2.38. The van der Waals surface area contributed by atoms with Crippen LogP contribution in [-0.2, 0) is 9.59 Å². The van der Waals surface area contributed by atoms with E-state index < -0.39 is 11.9 Å². The van der Waals surface area contributed by atoms with Gasteiger partial charge in [-0.1, -0.05) is 32.1 Å². The van der Waals surface area contributed by atoms with E-state index in [4.69, 9.17) is 27.4 Å². The van der Waals surface area contributed by atoms with E-state index in [1.165, 1.54) is 19.3 Å². The molecule has 0 saturated heterocycles. The normalized spacial score (nSPS) is 11.5. The summed E-state index contributed by atoms with van der Waals surface area (Å²) in [5, 5.41) is 19.9. The van der Waals surface area contributed by atoms with Crippen LogP contribution in [0.5, 0.6) is 0 Å². The van der Waals surface area contributed by atoms with Gasteiger partial charge in [-0.25, -0.2) is 0 Å². The number of rotatable bonds is 18. The van der Waals surface area contributed by atoms with Gasteiger partial charge < -0.3 is 32.7 Å². The molecule has 0 aromatic carbocycles. The Hall–Kier alpha value is -1.22. The molecule has 0 rings (SSSR count). The molecule has 0 amide bonds. The third-order valence-corrected chi connectivity index (χ3v) is 4.04. The fourth-order valence-corrected chi connectivity index (χ4v) is 2.43. The van der Waals surface area contributed by atoms with E-state index in [1.807, 2.05) is 0 Å². The van der Waals surface area contributed by atoms with Gasteiger partial charge in [0.05, 0.1) is 6.17 Å². The highest BCUT2D eigenvalue weighted by Crippen LogP contribution is 2.06. The standard InChI is InChI=1S/C10H26N4.C9H16O4/c11-7-3-1-2-4-9-14-10(13)6-5-8-12;10-8(11)6-4-2-1-3-5-7-9(12)13/h10,14H,1-9,11-13H2;1-7H2,(H,10,11)(H,12,13). The number of aliphatic carboxylic acids is 2. The van der Waals surface area contributed by atoms with Gasteiger partial charge in [0.25, 0.3) is 0 Å². The first kappa shape index (κ1) is 28.0. The molecule has 162 valence electrons. The van der Waals surface area contributed by atoms with E-state index in [0.717, 1.165) is 58.2 Å². The minimum Gasteiger partial charge on any atom is -0.481 e. The van der Waals surface area contributed by atoms with Crippen LogP contribution in [0.3, 0.4) is 0 Å². The van der Waals surface area contributed by atoms with E-state index in [0.29, 0.717) is 12.8 Å². The maximum absolute atomic E-state index is 10.1. The van der Waals surface area contributed by atoms with Crippen LogP contribution in [0.4, 0.5) is 0 Å². The minimum atomic E-state index is -0.759. The molecule has 8 nitrogen and oxygen atoms in total. The summed E-state index contributed by atoms with van der Waals surface area (Å²) in [4.78, 5) is 20.2. The second-order valence-electron chi connectivity index (χ2n) is 6.75. The number of nitrogens with one attached hydrogen (secondary N) is 1. The molecular weight excluding hydrogens is 348 g/mol. The topological polar surface area (TPSA) is 165 Å². The summed E-state index contributed by atoms with van der Waals surface area (Å²) in [5.41, 5.74) is 16.6. The molecule has 0 bridgehead atoms.